The summed E-state index contributed by atoms with van der Waals surface area (Å²) in [6.07, 6.45) is 0.620. The van der Waals surface area contributed by atoms with Crippen molar-refractivity contribution in [2.24, 2.45) is 0 Å². The molecule has 0 spiro atoms. The molecule has 140 valence electrons. The molecular formula is C19H28ClFN2O2. The van der Waals surface area contributed by atoms with Gasteiger partial charge in [-0.25, -0.2) is 9.18 Å². The van der Waals surface area contributed by atoms with Crippen molar-refractivity contribution < 1.29 is 13.9 Å². The Balaban J connectivity index is 2.05. The molecule has 1 atom stereocenters. The number of likely N-dealkylation sites (tertiary alicyclic amines) is 1. The zero-order valence-corrected chi connectivity index (χ0v) is 16.4. The van der Waals surface area contributed by atoms with Gasteiger partial charge in [-0.05, 0) is 58.7 Å². The summed E-state index contributed by atoms with van der Waals surface area (Å²) >= 11 is 6.19. The van der Waals surface area contributed by atoms with E-state index < -0.39 is 5.60 Å². The van der Waals surface area contributed by atoms with Crippen LogP contribution in [-0.4, -0.2) is 46.7 Å². The zero-order chi connectivity index (χ0) is 18.8. The second kappa shape index (κ2) is 7.92. The standard InChI is InChI=1S/C19H28ClFN2O2/c1-13(2)23(11-14-6-7-15(21)10-17(14)20)16-8-9-22(12-16)18(24)25-19(3,4)5/h6-7,10,13,16H,8-9,11-12H2,1-5H3/t16-/m0/s1. The fraction of sp³-hybridized carbons (Fsp3) is 0.632. The lowest BCUT2D eigenvalue weighted by atomic mass is 10.1. The lowest BCUT2D eigenvalue weighted by Gasteiger charge is -2.33. The Labute approximate surface area is 154 Å². The predicted octanol–water partition coefficient (Wildman–Crippen LogP) is 4.70. The van der Waals surface area contributed by atoms with Crippen molar-refractivity contribution in [1.82, 2.24) is 9.80 Å². The Hall–Kier alpha value is -1.33. The summed E-state index contributed by atoms with van der Waals surface area (Å²) in [6.45, 7) is 11.8. The van der Waals surface area contributed by atoms with Gasteiger partial charge in [0.15, 0.2) is 0 Å². The summed E-state index contributed by atoms with van der Waals surface area (Å²) in [5.74, 6) is -0.332. The monoisotopic (exact) mass is 370 g/mol. The molecule has 0 N–H and O–H groups in total. The Bertz CT molecular complexity index is 616. The van der Waals surface area contributed by atoms with E-state index in [0.29, 0.717) is 24.7 Å². The maximum atomic E-state index is 13.3. The minimum atomic E-state index is -0.492. The predicted molar refractivity (Wildman–Crippen MR) is 98.3 cm³/mol. The zero-order valence-electron chi connectivity index (χ0n) is 15.7. The van der Waals surface area contributed by atoms with Crippen molar-refractivity contribution in [1.29, 1.82) is 0 Å². The summed E-state index contributed by atoms with van der Waals surface area (Å²) in [7, 11) is 0. The Morgan fingerprint density at radius 3 is 2.68 bits per heavy atom. The van der Waals surface area contributed by atoms with Gasteiger partial charge in [-0.2, -0.15) is 0 Å². The molecule has 1 saturated heterocycles. The summed E-state index contributed by atoms with van der Waals surface area (Å²) in [5.41, 5.74) is 0.404. The maximum absolute atomic E-state index is 13.3. The number of nitrogens with zero attached hydrogens (tertiary/aromatic N) is 2. The molecule has 1 aromatic rings. The van der Waals surface area contributed by atoms with Crippen molar-refractivity contribution in [2.45, 2.75) is 65.3 Å². The quantitative estimate of drug-likeness (QED) is 0.770. The van der Waals surface area contributed by atoms with Gasteiger partial charge in [-0.3, -0.25) is 4.90 Å². The highest BCUT2D eigenvalue weighted by atomic mass is 35.5. The first-order valence-electron chi connectivity index (χ1n) is 8.74. The number of halogens is 2. The van der Waals surface area contributed by atoms with Crippen molar-refractivity contribution in [3.05, 3.63) is 34.6 Å². The number of benzene rings is 1. The van der Waals surface area contributed by atoms with E-state index in [9.17, 15) is 9.18 Å². The summed E-state index contributed by atoms with van der Waals surface area (Å²) in [4.78, 5) is 16.3. The van der Waals surface area contributed by atoms with Gasteiger partial charge in [0, 0.05) is 36.7 Å². The lowest BCUT2D eigenvalue weighted by Crippen LogP contribution is -2.43. The third-order valence-corrected chi connectivity index (χ3v) is 4.67. The first-order valence-corrected chi connectivity index (χ1v) is 9.12. The number of hydrogen-bond donors (Lipinski definition) is 0. The molecule has 1 amide bonds. The molecule has 25 heavy (non-hydrogen) atoms. The third-order valence-electron chi connectivity index (χ3n) is 4.32. The van der Waals surface area contributed by atoms with Gasteiger partial charge in [0.2, 0.25) is 0 Å². The second-order valence-electron chi connectivity index (χ2n) is 7.87. The molecule has 0 aromatic heterocycles. The highest BCUT2D eigenvalue weighted by molar-refractivity contribution is 6.31. The van der Waals surface area contributed by atoms with E-state index in [1.54, 1.807) is 11.0 Å². The average Bonchev–Trinajstić information content (AvgIpc) is 2.94. The van der Waals surface area contributed by atoms with E-state index in [1.165, 1.54) is 12.1 Å². The van der Waals surface area contributed by atoms with Crippen molar-refractivity contribution >= 4 is 17.7 Å². The van der Waals surface area contributed by atoms with Crippen LogP contribution < -0.4 is 0 Å². The fourth-order valence-electron chi connectivity index (χ4n) is 3.08. The second-order valence-corrected chi connectivity index (χ2v) is 8.28. The topological polar surface area (TPSA) is 32.8 Å². The molecule has 0 aliphatic carbocycles. The molecule has 1 aliphatic rings. The molecule has 1 aliphatic heterocycles. The number of rotatable bonds is 4. The molecule has 0 saturated carbocycles. The van der Waals surface area contributed by atoms with Crippen LogP contribution in [0.5, 0.6) is 0 Å². The number of carbonyl (C=O) groups excluding carboxylic acids is 1. The van der Waals surface area contributed by atoms with Crippen LogP contribution in [0.1, 0.15) is 46.6 Å². The Morgan fingerprint density at radius 2 is 2.12 bits per heavy atom. The van der Waals surface area contributed by atoms with Crippen molar-refractivity contribution in [3.63, 3.8) is 0 Å². The van der Waals surface area contributed by atoms with Gasteiger partial charge >= 0.3 is 6.09 Å². The van der Waals surface area contributed by atoms with E-state index in [2.05, 4.69) is 18.7 Å². The number of amides is 1. The van der Waals surface area contributed by atoms with Crippen LogP contribution in [0.2, 0.25) is 5.02 Å². The van der Waals surface area contributed by atoms with E-state index in [1.807, 2.05) is 20.8 Å². The fourth-order valence-corrected chi connectivity index (χ4v) is 3.31. The van der Waals surface area contributed by atoms with Gasteiger partial charge in [-0.15, -0.1) is 0 Å². The van der Waals surface area contributed by atoms with E-state index in [-0.39, 0.29) is 24.0 Å². The molecule has 4 nitrogen and oxygen atoms in total. The molecule has 0 radical (unpaired) electrons. The Morgan fingerprint density at radius 1 is 1.44 bits per heavy atom. The highest BCUT2D eigenvalue weighted by Crippen LogP contribution is 2.25. The molecule has 2 rings (SSSR count). The minimum absolute atomic E-state index is 0.230. The van der Waals surface area contributed by atoms with Crippen LogP contribution in [0.25, 0.3) is 0 Å². The van der Waals surface area contributed by atoms with Gasteiger partial charge in [-0.1, -0.05) is 17.7 Å². The normalized spacial score (nSPS) is 18.3. The molecular weight excluding hydrogens is 343 g/mol. The summed E-state index contributed by atoms with van der Waals surface area (Å²) in [5, 5.41) is 0.438. The number of hydrogen-bond acceptors (Lipinski definition) is 3. The van der Waals surface area contributed by atoms with E-state index in [0.717, 1.165) is 12.0 Å². The van der Waals surface area contributed by atoms with Crippen LogP contribution >= 0.6 is 11.6 Å². The molecule has 1 heterocycles. The van der Waals surface area contributed by atoms with Crippen molar-refractivity contribution in [2.75, 3.05) is 13.1 Å². The average molecular weight is 371 g/mol. The number of ether oxygens (including phenoxy) is 1. The highest BCUT2D eigenvalue weighted by Gasteiger charge is 2.34. The molecule has 0 unspecified atom stereocenters. The van der Waals surface area contributed by atoms with Gasteiger partial charge in [0.05, 0.1) is 0 Å². The Kier molecular flexibility index (Phi) is 6.33. The van der Waals surface area contributed by atoms with Gasteiger partial charge in [0.25, 0.3) is 0 Å². The first kappa shape index (κ1) is 20.0. The largest absolute Gasteiger partial charge is 0.444 e. The number of carbonyl (C=O) groups is 1. The lowest BCUT2D eigenvalue weighted by molar-refractivity contribution is 0.0273. The summed E-state index contributed by atoms with van der Waals surface area (Å²) < 4.78 is 18.7. The SMILES string of the molecule is CC(C)N(Cc1ccc(F)cc1Cl)[C@H]1CCN(C(=O)OC(C)(C)C)C1. The molecule has 0 bridgehead atoms. The molecule has 1 fully saturated rings. The van der Waals surface area contributed by atoms with Crippen LogP contribution in [0.15, 0.2) is 18.2 Å². The van der Waals surface area contributed by atoms with E-state index >= 15 is 0 Å². The van der Waals surface area contributed by atoms with Crippen LogP contribution in [0.3, 0.4) is 0 Å². The smallest absolute Gasteiger partial charge is 0.410 e. The third kappa shape index (κ3) is 5.58. The van der Waals surface area contributed by atoms with Crippen LogP contribution in [0, 0.1) is 5.82 Å². The van der Waals surface area contributed by atoms with Crippen LogP contribution in [0.4, 0.5) is 9.18 Å². The molecule has 1 aromatic carbocycles. The van der Waals surface area contributed by atoms with Crippen LogP contribution in [-0.2, 0) is 11.3 Å². The minimum Gasteiger partial charge on any atom is -0.444 e. The maximum Gasteiger partial charge on any atom is 0.410 e. The molecule has 6 heteroatoms. The van der Waals surface area contributed by atoms with Crippen molar-refractivity contribution in [3.8, 4) is 0 Å². The van der Waals surface area contributed by atoms with Gasteiger partial charge in [0.1, 0.15) is 11.4 Å². The van der Waals surface area contributed by atoms with Gasteiger partial charge < -0.3 is 9.64 Å². The summed E-state index contributed by atoms with van der Waals surface area (Å²) in [6, 6.07) is 5.02. The first-order chi connectivity index (χ1) is 11.6. The van der Waals surface area contributed by atoms with E-state index in [4.69, 9.17) is 16.3 Å².